The SMILES string of the molecule is COc1ccc(C(N)CS(=O)C2CCCC2)cc1. The predicted octanol–water partition coefficient (Wildman–Crippen LogP) is 2.39. The molecule has 1 fully saturated rings. The van der Waals surface area contributed by atoms with Crippen molar-refractivity contribution in [2.24, 2.45) is 5.73 Å². The minimum absolute atomic E-state index is 0.141. The Labute approximate surface area is 111 Å². The molecule has 18 heavy (non-hydrogen) atoms. The van der Waals surface area contributed by atoms with Crippen LogP contribution < -0.4 is 10.5 Å². The average molecular weight is 267 g/mol. The van der Waals surface area contributed by atoms with Crippen LogP contribution in [0.4, 0.5) is 0 Å². The summed E-state index contributed by atoms with van der Waals surface area (Å²) in [6, 6.07) is 7.56. The molecule has 0 radical (unpaired) electrons. The van der Waals surface area contributed by atoms with Crippen LogP contribution in [-0.2, 0) is 10.8 Å². The maximum atomic E-state index is 12.2. The van der Waals surface area contributed by atoms with E-state index in [4.69, 9.17) is 10.5 Å². The normalized spacial score (nSPS) is 19.7. The highest BCUT2D eigenvalue weighted by Gasteiger charge is 2.23. The summed E-state index contributed by atoms with van der Waals surface area (Å²) in [6.07, 6.45) is 4.63. The van der Waals surface area contributed by atoms with Gasteiger partial charge in [0.05, 0.1) is 7.11 Å². The van der Waals surface area contributed by atoms with Crippen LogP contribution >= 0.6 is 0 Å². The van der Waals surface area contributed by atoms with Gasteiger partial charge in [-0.3, -0.25) is 4.21 Å². The maximum absolute atomic E-state index is 12.2. The van der Waals surface area contributed by atoms with Crippen molar-refractivity contribution in [2.75, 3.05) is 12.9 Å². The summed E-state index contributed by atoms with van der Waals surface area (Å²) in [5.74, 6) is 1.39. The highest BCUT2D eigenvalue weighted by molar-refractivity contribution is 7.85. The van der Waals surface area contributed by atoms with E-state index in [0.717, 1.165) is 24.2 Å². The van der Waals surface area contributed by atoms with Crippen LogP contribution in [0.1, 0.15) is 37.3 Å². The van der Waals surface area contributed by atoms with Crippen molar-refractivity contribution < 1.29 is 8.95 Å². The van der Waals surface area contributed by atoms with E-state index in [1.807, 2.05) is 24.3 Å². The molecule has 4 heteroatoms. The number of ether oxygens (including phenoxy) is 1. The summed E-state index contributed by atoms with van der Waals surface area (Å²) < 4.78 is 17.3. The van der Waals surface area contributed by atoms with Gasteiger partial charge in [-0.05, 0) is 30.5 Å². The average Bonchev–Trinajstić information content (AvgIpc) is 2.92. The van der Waals surface area contributed by atoms with Gasteiger partial charge in [-0.2, -0.15) is 0 Å². The van der Waals surface area contributed by atoms with E-state index in [1.165, 1.54) is 12.8 Å². The van der Waals surface area contributed by atoms with Crippen LogP contribution in [-0.4, -0.2) is 22.3 Å². The molecule has 0 heterocycles. The lowest BCUT2D eigenvalue weighted by Gasteiger charge is -2.15. The zero-order valence-electron chi connectivity index (χ0n) is 10.8. The Morgan fingerprint density at radius 3 is 2.50 bits per heavy atom. The van der Waals surface area contributed by atoms with Crippen molar-refractivity contribution in [1.29, 1.82) is 0 Å². The second kappa shape index (κ2) is 6.34. The van der Waals surface area contributed by atoms with E-state index in [-0.39, 0.29) is 6.04 Å². The second-order valence-corrected chi connectivity index (χ2v) is 6.60. The molecule has 0 aromatic heterocycles. The fourth-order valence-corrected chi connectivity index (χ4v) is 4.09. The van der Waals surface area contributed by atoms with Crippen LogP contribution in [0, 0.1) is 0 Å². The van der Waals surface area contributed by atoms with Crippen molar-refractivity contribution in [3.05, 3.63) is 29.8 Å². The molecule has 0 spiro atoms. The molecule has 2 atom stereocenters. The van der Waals surface area contributed by atoms with E-state index in [1.54, 1.807) is 7.11 Å². The van der Waals surface area contributed by atoms with Gasteiger partial charge in [0.15, 0.2) is 0 Å². The number of benzene rings is 1. The van der Waals surface area contributed by atoms with Crippen molar-refractivity contribution >= 4 is 10.8 Å². The summed E-state index contributed by atoms with van der Waals surface area (Å²) in [6.45, 7) is 0. The van der Waals surface area contributed by atoms with Gasteiger partial charge in [0.25, 0.3) is 0 Å². The van der Waals surface area contributed by atoms with Crippen molar-refractivity contribution in [3.8, 4) is 5.75 Å². The number of hydrogen-bond donors (Lipinski definition) is 1. The molecular weight excluding hydrogens is 246 g/mol. The molecule has 3 nitrogen and oxygen atoms in total. The maximum Gasteiger partial charge on any atom is 0.118 e. The molecule has 0 amide bonds. The molecular formula is C14H21NO2S. The van der Waals surface area contributed by atoms with Gasteiger partial charge in [0, 0.05) is 27.8 Å². The fraction of sp³-hybridized carbons (Fsp3) is 0.571. The standard InChI is InChI=1S/C14H21NO2S/c1-17-12-8-6-11(7-9-12)14(15)10-18(16)13-4-2-3-5-13/h6-9,13-14H,2-5,10,15H2,1H3. The summed E-state index contributed by atoms with van der Waals surface area (Å²) in [7, 11) is 0.854. The van der Waals surface area contributed by atoms with E-state index in [9.17, 15) is 4.21 Å². The van der Waals surface area contributed by atoms with Crippen LogP contribution in [0.15, 0.2) is 24.3 Å². The minimum Gasteiger partial charge on any atom is -0.497 e. The summed E-state index contributed by atoms with van der Waals surface area (Å²) >= 11 is 0. The van der Waals surface area contributed by atoms with E-state index in [0.29, 0.717) is 11.0 Å². The summed E-state index contributed by atoms with van der Waals surface area (Å²) in [4.78, 5) is 0. The Morgan fingerprint density at radius 1 is 1.33 bits per heavy atom. The Kier molecular flexibility index (Phi) is 4.78. The van der Waals surface area contributed by atoms with Gasteiger partial charge >= 0.3 is 0 Å². The Balaban J connectivity index is 1.93. The first-order chi connectivity index (χ1) is 8.70. The zero-order valence-corrected chi connectivity index (χ0v) is 11.6. The molecule has 2 N–H and O–H groups in total. The molecule has 100 valence electrons. The zero-order chi connectivity index (χ0) is 13.0. The van der Waals surface area contributed by atoms with E-state index in [2.05, 4.69) is 0 Å². The summed E-state index contributed by atoms with van der Waals surface area (Å²) in [5, 5.41) is 0.370. The number of nitrogens with two attached hydrogens (primary N) is 1. The van der Waals surface area contributed by atoms with E-state index < -0.39 is 10.8 Å². The predicted molar refractivity (Wildman–Crippen MR) is 75.2 cm³/mol. The summed E-state index contributed by atoms with van der Waals surface area (Å²) in [5.41, 5.74) is 7.15. The first-order valence-electron chi connectivity index (χ1n) is 6.47. The molecule has 0 aliphatic heterocycles. The van der Waals surface area contributed by atoms with Crippen molar-refractivity contribution in [2.45, 2.75) is 37.0 Å². The molecule has 2 unspecified atom stereocenters. The van der Waals surface area contributed by atoms with Gasteiger partial charge in [0.2, 0.25) is 0 Å². The molecule has 2 rings (SSSR count). The lowest BCUT2D eigenvalue weighted by Crippen LogP contribution is -2.23. The van der Waals surface area contributed by atoms with Crippen molar-refractivity contribution in [1.82, 2.24) is 0 Å². The highest BCUT2D eigenvalue weighted by atomic mass is 32.2. The van der Waals surface area contributed by atoms with Crippen LogP contribution in [0.5, 0.6) is 5.75 Å². The monoisotopic (exact) mass is 267 g/mol. The molecule has 1 aliphatic carbocycles. The lowest BCUT2D eigenvalue weighted by atomic mass is 10.1. The molecule has 0 bridgehead atoms. The smallest absolute Gasteiger partial charge is 0.118 e. The number of methoxy groups -OCH3 is 1. The van der Waals surface area contributed by atoms with Crippen LogP contribution in [0.3, 0.4) is 0 Å². The Bertz CT molecular complexity index is 399. The van der Waals surface area contributed by atoms with Gasteiger partial charge < -0.3 is 10.5 Å². The van der Waals surface area contributed by atoms with Crippen molar-refractivity contribution in [3.63, 3.8) is 0 Å². The molecule has 1 aliphatic rings. The molecule has 1 saturated carbocycles. The number of hydrogen-bond acceptors (Lipinski definition) is 3. The third-order valence-electron chi connectivity index (χ3n) is 3.56. The first kappa shape index (κ1) is 13.6. The van der Waals surface area contributed by atoms with E-state index >= 15 is 0 Å². The van der Waals surface area contributed by atoms with Gasteiger partial charge in [0.1, 0.15) is 5.75 Å². The molecule has 1 aromatic rings. The van der Waals surface area contributed by atoms with Crippen LogP contribution in [0.2, 0.25) is 0 Å². The topological polar surface area (TPSA) is 52.3 Å². The van der Waals surface area contributed by atoms with Gasteiger partial charge in [-0.1, -0.05) is 25.0 Å². The highest BCUT2D eigenvalue weighted by Crippen LogP contribution is 2.25. The Morgan fingerprint density at radius 2 is 1.94 bits per heavy atom. The Hall–Kier alpha value is -0.870. The second-order valence-electron chi connectivity index (χ2n) is 4.83. The number of rotatable bonds is 5. The lowest BCUT2D eigenvalue weighted by molar-refractivity contribution is 0.414. The van der Waals surface area contributed by atoms with Crippen LogP contribution in [0.25, 0.3) is 0 Å². The molecule has 0 saturated heterocycles. The fourth-order valence-electron chi connectivity index (χ4n) is 2.41. The van der Waals surface area contributed by atoms with Gasteiger partial charge in [-0.15, -0.1) is 0 Å². The van der Waals surface area contributed by atoms with Gasteiger partial charge in [-0.25, -0.2) is 0 Å². The molecule has 1 aromatic carbocycles. The third-order valence-corrected chi connectivity index (χ3v) is 5.46. The largest absolute Gasteiger partial charge is 0.497 e. The third kappa shape index (κ3) is 3.33. The minimum atomic E-state index is -0.789. The quantitative estimate of drug-likeness (QED) is 0.891. The first-order valence-corrected chi connectivity index (χ1v) is 7.85.